The second kappa shape index (κ2) is 4.25. The van der Waals surface area contributed by atoms with Crippen LogP contribution < -0.4 is 5.73 Å². The fraction of sp³-hybridized carbons (Fsp3) is 0.923. The number of Topliss-reactive ketones (excluding diaryl/α,β-unsaturated/α-hetero) is 1. The maximum absolute atomic E-state index is 12.5. The average Bonchev–Trinajstić information content (AvgIpc) is 2.37. The first-order chi connectivity index (χ1) is 7.34. The summed E-state index contributed by atoms with van der Waals surface area (Å²) in [5.41, 5.74) is 5.53. The predicted molar refractivity (Wildman–Crippen MR) is 77.5 cm³/mol. The Morgan fingerprint density at radius 2 is 1.71 bits per heavy atom. The highest BCUT2D eigenvalue weighted by molar-refractivity contribution is 8.32. The summed E-state index contributed by atoms with van der Waals surface area (Å²) in [7, 11) is -0.708. The van der Waals surface area contributed by atoms with Crippen molar-refractivity contribution in [1.82, 2.24) is 4.90 Å². The molecule has 1 rings (SSSR count). The summed E-state index contributed by atoms with van der Waals surface area (Å²) in [5.74, 6) is 2.29. The largest absolute Gasteiger partial charge is 0.314 e. The number of hydrogen-bond acceptors (Lipinski definition) is 3. The van der Waals surface area contributed by atoms with E-state index in [4.69, 9.17) is 5.73 Å². The van der Waals surface area contributed by atoms with Gasteiger partial charge in [0.2, 0.25) is 0 Å². The Morgan fingerprint density at radius 3 is 2.06 bits per heavy atom. The van der Waals surface area contributed by atoms with Crippen molar-refractivity contribution in [3.8, 4) is 0 Å². The first-order valence-corrected chi connectivity index (χ1v) is 8.92. The molecule has 1 unspecified atom stereocenters. The Morgan fingerprint density at radius 1 is 1.24 bits per heavy atom. The van der Waals surface area contributed by atoms with E-state index in [2.05, 4.69) is 17.4 Å². The zero-order valence-corrected chi connectivity index (χ0v) is 13.1. The zero-order valence-electron chi connectivity index (χ0n) is 12.3. The summed E-state index contributed by atoms with van der Waals surface area (Å²) in [6, 6.07) is -0.000000000000000222. The SMILES string of the molecule is CC(C)(C)C(=O)C1CS(C)(C)CN1C(C)(C)N. The van der Waals surface area contributed by atoms with Crippen LogP contribution in [-0.4, -0.2) is 46.5 Å². The summed E-state index contributed by atoms with van der Waals surface area (Å²) < 4.78 is 0. The quantitative estimate of drug-likeness (QED) is 0.826. The number of hydrogen-bond donors (Lipinski definition) is 1. The first-order valence-electron chi connectivity index (χ1n) is 6.13. The third kappa shape index (κ3) is 3.46. The van der Waals surface area contributed by atoms with E-state index in [-0.39, 0.29) is 11.5 Å². The van der Waals surface area contributed by atoms with Crippen molar-refractivity contribution in [3.63, 3.8) is 0 Å². The summed E-state index contributed by atoms with van der Waals surface area (Å²) in [4.78, 5) is 14.7. The van der Waals surface area contributed by atoms with Gasteiger partial charge in [0.05, 0.1) is 11.7 Å². The standard InChI is InChI=1S/C13H28N2OS/c1-12(2,3)11(16)10-8-17(6,7)9-15(10)13(4,5)14/h10H,8-9,14H2,1-7H3. The topological polar surface area (TPSA) is 46.3 Å². The van der Waals surface area contributed by atoms with Crippen molar-refractivity contribution in [2.24, 2.45) is 11.1 Å². The van der Waals surface area contributed by atoms with E-state index in [1.807, 2.05) is 34.6 Å². The number of rotatable bonds is 2. The van der Waals surface area contributed by atoms with E-state index in [0.717, 1.165) is 11.6 Å². The molecule has 3 nitrogen and oxygen atoms in total. The van der Waals surface area contributed by atoms with E-state index in [9.17, 15) is 4.79 Å². The van der Waals surface area contributed by atoms with Crippen molar-refractivity contribution in [2.75, 3.05) is 24.1 Å². The number of carbonyl (C=O) groups is 1. The third-order valence-electron chi connectivity index (χ3n) is 3.26. The van der Waals surface area contributed by atoms with Crippen LogP contribution in [0.25, 0.3) is 0 Å². The minimum atomic E-state index is -0.708. The molecule has 0 aromatic heterocycles. The monoisotopic (exact) mass is 260 g/mol. The van der Waals surface area contributed by atoms with Crippen molar-refractivity contribution in [1.29, 1.82) is 0 Å². The molecule has 0 spiro atoms. The molecule has 1 aliphatic rings. The molecule has 102 valence electrons. The highest BCUT2D eigenvalue weighted by Crippen LogP contribution is 2.50. The molecule has 1 saturated heterocycles. The molecule has 2 N–H and O–H groups in total. The molecule has 0 aromatic carbocycles. The summed E-state index contributed by atoms with van der Waals surface area (Å²) in [6.45, 7) is 9.99. The van der Waals surface area contributed by atoms with E-state index >= 15 is 0 Å². The molecular formula is C13H28N2OS. The minimum absolute atomic E-state index is 0.000000000000000222. The van der Waals surface area contributed by atoms with Crippen LogP contribution in [0.5, 0.6) is 0 Å². The molecular weight excluding hydrogens is 232 g/mol. The van der Waals surface area contributed by atoms with Crippen molar-refractivity contribution >= 4 is 15.8 Å². The van der Waals surface area contributed by atoms with Gasteiger partial charge >= 0.3 is 0 Å². The van der Waals surface area contributed by atoms with Crippen LogP contribution in [0.4, 0.5) is 0 Å². The van der Waals surface area contributed by atoms with Crippen molar-refractivity contribution < 1.29 is 4.79 Å². The van der Waals surface area contributed by atoms with Crippen LogP contribution in [0.2, 0.25) is 0 Å². The molecule has 0 amide bonds. The second-order valence-electron chi connectivity index (χ2n) is 7.32. The van der Waals surface area contributed by atoms with Gasteiger partial charge in [0, 0.05) is 17.0 Å². The molecule has 0 bridgehead atoms. The minimum Gasteiger partial charge on any atom is -0.314 e. The molecule has 0 aliphatic carbocycles. The molecule has 17 heavy (non-hydrogen) atoms. The highest BCUT2D eigenvalue weighted by atomic mass is 32.3. The summed E-state index contributed by atoms with van der Waals surface area (Å²) in [6.07, 6.45) is 4.59. The number of nitrogens with zero attached hydrogens (tertiary/aromatic N) is 1. The Hall–Kier alpha value is -0.0600. The van der Waals surface area contributed by atoms with Gasteiger partial charge in [-0.25, -0.2) is 10.0 Å². The molecule has 1 aliphatic heterocycles. The van der Waals surface area contributed by atoms with Crippen LogP contribution in [0.15, 0.2) is 0 Å². The van der Waals surface area contributed by atoms with E-state index in [1.165, 1.54) is 0 Å². The van der Waals surface area contributed by atoms with Crippen LogP contribution in [0.3, 0.4) is 0 Å². The van der Waals surface area contributed by atoms with Gasteiger partial charge < -0.3 is 5.73 Å². The van der Waals surface area contributed by atoms with Crippen LogP contribution in [0.1, 0.15) is 34.6 Å². The lowest BCUT2D eigenvalue weighted by Gasteiger charge is -2.38. The summed E-state index contributed by atoms with van der Waals surface area (Å²) >= 11 is 0. The highest BCUT2D eigenvalue weighted by Gasteiger charge is 2.46. The predicted octanol–water partition coefficient (Wildman–Crippen LogP) is 2.00. The van der Waals surface area contributed by atoms with Gasteiger partial charge in [-0.3, -0.25) is 9.69 Å². The number of ketones is 1. The summed E-state index contributed by atoms with van der Waals surface area (Å²) in [5, 5.41) is 0. The second-order valence-corrected chi connectivity index (χ2v) is 11.4. The smallest absolute Gasteiger partial charge is 0.156 e. The molecule has 0 aromatic rings. The Kier molecular flexibility index (Phi) is 3.75. The van der Waals surface area contributed by atoms with Gasteiger partial charge in [0.15, 0.2) is 5.78 Å². The molecule has 1 fully saturated rings. The molecule has 4 heteroatoms. The fourth-order valence-electron chi connectivity index (χ4n) is 2.32. The maximum atomic E-state index is 12.5. The fourth-order valence-corrected chi connectivity index (χ4v) is 4.88. The molecule has 1 atom stereocenters. The van der Waals surface area contributed by atoms with Gasteiger partial charge in [0.1, 0.15) is 0 Å². The lowest BCUT2D eigenvalue weighted by molar-refractivity contribution is -0.132. The van der Waals surface area contributed by atoms with Crippen LogP contribution in [0, 0.1) is 5.41 Å². The van der Waals surface area contributed by atoms with Gasteiger partial charge in [-0.05, 0) is 26.4 Å². The van der Waals surface area contributed by atoms with Gasteiger partial charge in [-0.15, -0.1) is 0 Å². The van der Waals surface area contributed by atoms with E-state index in [1.54, 1.807) is 0 Å². The molecule has 0 saturated carbocycles. The van der Waals surface area contributed by atoms with Gasteiger partial charge in [-0.1, -0.05) is 20.8 Å². The Labute approximate surface area is 107 Å². The third-order valence-corrected chi connectivity index (χ3v) is 5.45. The molecule has 1 heterocycles. The van der Waals surface area contributed by atoms with Crippen molar-refractivity contribution in [3.05, 3.63) is 0 Å². The maximum Gasteiger partial charge on any atom is 0.156 e. The Bertz CT molecular complexity index is 312. The Balaban J connectivity index is 3.01. The lowest BCUT2D eigenvalue weighted by atomic mass is 9.86. The van der Waals surface area contributed by atoms with Gasteiger partial charge in [0.25, 0.3) is 0 Å². The number of carbonyl (C=O) groups excluding carboxylic acids is 1. The van der Waals surface area contributed by atoms with Crippen LogP contribution >= 0.6 is 10.0 Å². The zero-order chi connectivity index (χ0) is 13.6. The van der Waals surface area contributed by atoms with E-state index < -0.39 is 15.7 Å². The normalized spacial score (nSPS) is 28.1. The van der Waals surface area contributed by atoms with Crippen LogP contribution in [-0.2, 0) is 4.79 Å². The first kappa shape index (κ1) is 15.0. The van der Waals surface area contributed by atoms with Gasteiger partial charge in [-0.2, -0.15) is 0 Å². The lowest BCUT2D eigenvalue weighted by Crippen LogP contribution is -2.57. The average molecular weight is 260 g/mol. The molecule has 0 radical (unpaired) electrons. The number of nitrogens with two attached hydrogens (primary N) is 1. The van der Waals surface area contributed by atoms with Crippen molar-refractivity contribution in [2.45, 2.75) is 46.3 Å². The van der Waals surface area contributed by atoms with E-state index in [0.29, 0.717) is 5.78 Å².